The second-order valence-corrected chi connectivity index (χ2v) is 16.2. The molecule has 0 aliphatic heterocycles. The standard InChI is InChI=1S/C11H24Si2/c1-11(13(5,6)7)9-8-10-12(2,3)4/h8-10H,1-7H3/b10-8+,11-9-. The highest BCUT2D eigenvalue weighted by Gasteiger charge is 2.14. The van der Waals surface area contributed by atoms with Crippen molar-refractivity contribution < 1.29 is 0 Å². The Kier molecular flexibility index (Phi) is 4.39. The van der Waals surface area contributed by atoms with Gasteiger partial charge in [0, 0.05) is 0 Å². The lowest BCUT2D eigenvalue weighted by molar-refractivity contribution is 1.53. The molecule has 0 aromatic rings. The third kappa shape index (κ3) is 7.02. The van der Waals surface area contributed by atoms with E-state index in [1.165, 1.54) is 0 Å². The van der Waals surface area contributed by atoms with Crippen LogP contribution < -0.4 is 0 Å². The van der Waals surface area contributed by atoms with E-state index in [0.29, 0.717) is 0 Å². The van der Waals surface area contributed by atoms with Gasteiger partial charge in [0.25, 0.3) is 0 Å². The quantitative estimate of drug-likeness (QED) is 0.485. The van der Waals surface area contributed by atoms with Crippen molar-refractivity contribution in [1.29, 1.82) is 0 Å². The summed E-state index contributed by atoms with van der Waals surface area (Å²) in [6.45, 7) is 16.5. The highest BCUT2D eigenvalue weighted by atomic mass is 28.3. The molecule has 0 bridgehead atoms. The third-order valence-electron chi connectivity index (χ3n) is 2.13. The smallest absolute Gasteiger partial charge is 0.0720 e. The van der Waals surface area contributed by atoms with E-state index in [0.717, 1.165) is 0 Å². The summed E-state index contributed by atoms with van der Waals surface area (Å²) in [7, 11) is -2.02. The van der Waals surface area contributed by atoms with Crippen molar-refractivity contribution in [3.63, 3.8) is 0 Å². The van der Waals surface area contributed by atoms with Crippen LogP contribution in [-0.4, -0.2) is 16.1 Å². The van der Waals surface area contributed by atoms with E-state index in [1.54, 1.807) is 5.20 Å². The molecule has 0 atom stereocenters. The Morgan fingerprint density at radius 3 is 1.69 bits per heavy atom. The predicted octanol–water partition coefficient (Wildman–Crippen LogP) is 4.24. The maximum Gasteiger partial charge on any atom is 0.0720 e. The molecule has 0 radical (unpaired) electrons. The van der Waals surface area contributed by atoms with Gasteiger partial charge in [0.15, 0.2) is 0 Å². The molecule has 0 aliphatic carbocycles. The Morgan fingerprint density at radius 1 is 0.923 bits per heavy atom. The maximum absolute atomic E-state index is 2.40. The summed E-state index contributed by atoms with van der Waals surface area (Å²) in [6, 6.07) is 0. The Bertz CT molecular complexity index is 211. The highest BCUT2D eigenvalue weighted by Crippen LogP contribution is 2.13. The van der Waals surface area contributed by atoms with Gasteiger partial charge < -0.3 is 0 Å². The van der Waals surface area contributed by atoms with Crippen LogP contribution >= 0.6 is 0 Å². The molecule has 0 heterocycles. The molecule has 0 rings (SSSR count). The average molecular weight is 212 g/mol. The first-order valence-corrected chi connectivity index (χ1v) is 12.1. The van der Waals surface area contributed by atoms with E-state index in [4.69, 9.17) is 0 Å². The van der Waals surface area contributed by atoms with Crippen LogP contribution in [0.15, 0.2) is 23.0 Å². The minimum Gasteiger partial charge on any atom is -0.0950 e. The minimum absolute atomic E-state index is 0.993. The molecule has 0 aromatic heterocycles. The first-order chi connectivity index (χ1) is 5.63. The van der Waals surface area contributed by atoms with Crippen LogP contribution in [0, 0.1) is 0 Å². The summed E-state index contributed by atoms with van der Waals surface area (Å²) in [5, 5.41) is 1.59. The monoisotopic (exact) mass is 212 g/mol. The summed E-state index contributed by atoms with van der Waals surface area (Å²) in [5.41, 5.74) is 2.40. The SMILES string of the molecule is C/C(=C/C=C/[Si](C)(C)C)[Si](C)(C)C. The molecule has 0 nitrogen and oxygen atoms in total. The van der Waals surface area contributed by atoms with Gasteiger partial charge in [-0.05, 0) is 6.92 Å². The molecule has 0 aliphatic rings. The second-order valence-electron chi connectivity index (χ2n) is 5.82. The number of allylic oxidation sites excluding steroid dienone is 3. The van der Waals surface area contributed by atoms with Crippen LogP contribution in [0.4, 0.5) is 0 Å². The largest absolute Gasteiger partial charge is 0.0950 e. The lowest BCUT2D eigenvalue weighted by Gasteiger charge is -2.16. The Morgan fingerprint density at radius 2 is 1.38 bits per heavy atom. The van der Waals surface area contributed by atoms with Crippen molar-refractivity contribution in [2.75, 3.05) is 0 Å². The van der Waals surface area contributed by atoms with Crippen LogP contribution in [0.2, 0.25) is 39.3 Å². The van der Waals surface area contributed by atoms with E-state index in [9.17, 15) is 0 Å². The van der Waals surface area contributed by atoms with E-state index in [2.05, 4.69) is 64.1 Å². The zero-order valence-electron chi connectivity index (χ0n) is 10.2. The Balaban J connectivity index is 4.37. The predicted molar refractivity (Wildman–Crippen MR) is 69.6 cm³/mol. The molecular weight excluding hydrogens is 188 g/mol. The van der Waals surface area contributed by atoms with Gasteiger partial charge in [0.2, 0.25) is 0 Å². The molecule has 0 aromatic carbocycles. The van der Waals surface area contributed by atoms with E-state index < -0.39 is 16.1 Å². The van der Waals surface area contributed by atoms with Crippen LogP contribution in [0.5, 0.6) is 0 Å². The third-order valence-corrected chi connectivity index (χ3v) is 5.85. The summed E-state index contributed by atoms with van der Waals surface area (Å²) >= 11 is 0. The second kappa shape index (κ2) is 4.42. The van der Waals surface area contributed by atoms with Crippen molar-refractivity contribution in [3.8, 4) is 0 Å². The fourth-order valence-corrected chi connectivity index (χ4v) is 2.00. The molecule has 2 heteroatoms. The Labute approximate surface area is 85.8 Å². The summed E-state index contributed by atoms with van der Waals surface area (Å²) in [4.78, 5) is 0. The van der Waals surface area contributed by atoms with Gasteiger partial charge >= 0.3 is 0 Å². The number of hydrogen-bond donors (Lipinski definition) is 0. The van der Waals surface area contributed by atoms with Crippen LogP contribution in [0.3, 0.4) is 0 Å². The zero-order chi connectivity index (χ0) is 10.7. The van der Waals surface area contributed by atoms with E-state index >= 15 is 0 Å². The molecule has 0 unspecified atom stereocenters. The highest BCUT2D eigenvalue weighted by molar-refractivity contribution is 6.83. The van der Waals surface area contributed by atoms with E-state index in [-0.39, 0.29) is 0 Å². The van der Waals surface area contributed by atoms with Crippen molar-refractivity contribution in [2.45, 2.75) is 46.2 Å². The topological polar surface area (TPSA) is 0 Å². The number of hydrogen-bond acceptors (Lipinski definition) is 0. The van der Waals surface area contributed by atoms with Crippen molar-refractivity contribution in [1.82, 2.24) is 0 Å². The lowest BCUT2D eigenvalue weighted by atomic mass is 10.5. The van der Waals surface area contributed by atoms with Gasteiger partial charge in [-0.25, -0.2) is 0 Å². The Hall–Kier alpha value is -0.0862. The summed E-state index contributed by atoms with van der Waals surface area (Å²) in [5.74, 6) is 0. The molecular formula is C11H24Si2. The van der Waals surface area contributed by atoms with Gasteiger partial charge in [-0.2, -0.15) is 0 Å². The zero-order valence-corrected chi connectivity index (χ0v) is 12.2. The van der Waals surface area contributed by atoms with Crippen molar-refractivity contribution in [2.24, 2.45) is 0 Å². The maximum atomic E-state index is 2.40. The first-order valence-electron chi connectivity index (χ1n) is 4.99. The van der Waals surface area contributed by atoms with Crippen molar-refractivity contribution >= 4 is 16.1 Å². The van der Waals surface area contributed by atoms with Crippen LogP contribution in [0.25, 0.3) is 0 Å². The normalized spacial score (nSPS) is 15.5. The molecule has 0 fully saturated rings. The van der Waals surface area contributed by atoms with Crippen LogP contribution in [-0.2, 0) is 0 Å². The van der Waals surface area contributed by atoms with Crippen molar-refractivity contribution in [3.05, 3.63) is 23.0 Å². The molecule has 76 valence electrons. The first kappa shape index (κ1) is 12.9. The molecule has 13 heavy (non-hydrogen) atoms. The molecule has 0 amide bonds. The van der Waals surface area contributed by atoms with Gasteiger partial charge in [-0.15, -0.1) is 0 Å². The van der Waals surface area contributed by atoms with Gasteiger partial charge in [0.1, 0.15) is 0 Å². The molecule has 0 saturated carbocycles. The molecule has 0 saturated heterocycles. The lowest BCUT2D eigenvalue weighted by Crippen LogP contribution is -2.21. The van der Waals surface area contributed by atoms with Gasteiger partial charge in [-0.1, -0.05) is 62.3 Å². The molecule has 0 spiro atoms. The van der Waals surface area contributed by atoms with E-state index in [1.807, 2.05) is 0 Å². The van der Waals surface area contributed by atoms with Gasteiger partial charge in [0.05, 0.1) is 16.1 Å². The fourth-order valence-electron chi connectivity index (χ4n) is 0.731. The average Bonchev–Trinajstić information content (AvgIpc) is 1.82. The van der Waals surface area contributed by atoms with Gasteiger partial charge in [-0.3, -0.25) is 0 Å². The minimum atomic E-state index is -1.03. The number of rotatable bonds is 3. The van der Waals surface area contributed by atoms with Crippen LogP contribution in [0.1, 0.15) is 6.92 Å². The summed E-state index contributed by atoms with van der Waals surface area (Å²) in [6.07, 6.45) is 4.57. The molecule has 0 N–H and O–H groups in total. The summed E-state index contributed by atoms with van der Waals surface area (Å²) < 4.78 is 0. The fraction of sp³-hybridized carbons (Fsp3) is 0.636.